The van der Waals surface area contributed by atoms with Gasteiger partial charge >= 0.3 is 0 Å². The summed E-state index contributed by atoms with van der Waals surface area (Å²) in [6, 6.07) is 12.5. The molecule has 1 aliphatic rings. The summed E-state index contributed by atoms with van der Waals surface area (Å²) in [6.45, 7) is 9.64. The molecule has 2 heterocycles. The van der Waals surface area contributed by atoms with Crippen LogP contribution in [0.5, 0.6) is 0 Å². The van der Waals surface area contributed by atoms with Gasteiger partial charge in [-0.3, -0.25) is 4.79 Å². The Balaban J connectivity index is 1.41. The van der Waals surface area contributed by atoms with E-state index in [-0.39, 0.29) is 17.1 Å². The van der Waals surface area contributed by atoms with Crippen molar-refractivity contribution < 1.29 is 4.79 Å². The number of thiophene rings is 1. The lowest BCUT2D eigenvalue weighted by Crippen LogP contribution is -2.26. The fraction of sp³-hybridized carbons (Fsp3) is 0.462. The summed E-state index contributed by atoms with van der Waals surface area (Å²) >= 11 is 2.95. The third-order valence-corrected chi connectivity index (χ3v) is 8.64. The maximum absolute atomic E-state index is 12.8. The number of nitrogens with one attached hydrogen (secondary N) is 1. The Morgan fingerprint density at radius 1 is 1.29 bits per heavy atom. The van der Waals surface area contributed by atoms with E-state index in [9.17, 15) is 10.1 Å². The van der Waals surface area contributed by atoms with Gasteiger partial charge in [0.15, 0.2) is 5.16 Å². The number of thioether (sulfide) groups is 1. The number of carbonyl (C=O) groups excluding carboxylic acids is 1. The minimum atomic E-state index is -0.122. The summed E-state index contributed by atoms with van der Waals surface area (Å²) < 4.78 is 2.06. The molecular formula is C26H31N5OS2. The second kappa shape index (κ2) is 10.3. The molecule has 1 aromatic carbocycles. The fourth-order valence-corrected chi connectivity index (χ4v) is 6.59. The predicted octanol–water partition coefficient (Wildman–Crippen LogP) is 5.70. The van der Waals surface area contributed by atoms with E-state index < -0.39 is 0 Å². The number of hydrogen-bond acceptors (Lipinski definition) is 6. The molecule has 1 atom stereocenters. The van der Waals surface area contributed by atoms with Crippen LogP contribution in [0.3, 0.4) is 0 Å². The number of amides is 1. The average molecular weight is 494 g/mol. The second-order valence-corrected chi connectivity index (χ2v) is 11.8. The van der Waals surface area contributed by atoms with Crippen molar-refractivity contribution in [3.05, 3.63) is 57.7 Å². The van der Waals surface area contributed by atoms with E-state index in [2.05, 4.69) is 66.0 Å². The van der Waals surface area contributed by atoms with Crippen LogP contribution in [0.15, 0.2) is 35.5 Å². The van der Waals surface area contributed by atoms with Crippen molar-refractivity contribution in [1.29, 1.82) is 5.26 Å². The lowest BCUT2D eigenvalue weighted by atomic mass is 9.72. The van der Waals surface area contributed by atoms with Crippen LogP contribution < -0.4 is 5.32 Å². The fourth-order valence-electron chi connectivity index (χ4n) is 4.48. The average Bonchev–Trinajstić information content (AvgIpc) is 3.36. The molecule has 0 fully saturated rings. The molecule has 1 N–H and O–H groups in total. The number of carbonyl (C=O) groups is 1. The molecule has 0 radical (unpaired) electrons. The highest BCUT2D eigenvalue weighted by molar-refractivity contribution is 7.99. The normalized spacial score (nSPS) is 15.6. The summed E-state index contributed by atoms with van der Waals surface area (Å²) in [6.07, 6.45) is 3.68. The van der Waals surface area contributed by atoms with Gasteiger partial charge in [0, 0.05) is 17.8 Å². The molecule has 0 bridgehead atoms. The van der Waals surface area contributed by atoms with Crippen molar-refractivity contribution >= 4 is 34.0 Å². The topological polar surface area (TPSA) is 83.6 Å². The molecule has 2 aromatic heterocycles. The molecule has 178 valence electrons. The summed E-state index contributed by atoms with van der Waals surface area (Å²) in [7, 11) is 0. The number of aromatic nitrogens is 3. The highest BCUT2D eigenvalue weighted by Gasteiger charge is 2.32. The van der Waals surface area contributed by atoms with Crippen LogP contribution in [-0.4, -0.2) is 26.4 Å². The molecule has 0 saturated carbocycles. The number of fused-ring (bicyclic) bond motifs is 1. The molecule has 0 aliphatic heterocycles. The standard InChI is InChI=1S/C26H31N5OS2/c1-5-31-22(13-17-9-7-6-8-10-17)29-30-25(31)33-16-23(32)28-24-20(15-27)19-12-11-18(26(2,3)4)14-21(19)34-24/h6-10,18H,5,11-14,16H2,1-4H3,(H,28,32)/t18-/m1/s1. The molecule has 1 amide bonds. The zero-order valence-electron chi connectivity index (χ0n) is 20.2. The number of rotatable bonds is 7. The van der Waals surface area contributed by atoms with Gasteiger partial charge in [0.05, 0.1) is 11.3 Å². The quantitative estimate of drug-likeness (QED) is 0.427. The largest absolute Gasteiger partial charge is 0.316 e. The van der Waals surface area contributed by atoms with E-state index >= 15 is 0 Å². The van der Waals surface area contributed by atoms with Gasteiger partial charge in [0.2, 0.25) is 5.91 Å². The van der Waals surface area contributed by atoms with Gasteiger partial charge in [-0.25, -0.2) is 0 Å². The van der Waals surface area contributed by atoms with Gasteiger partial charge in [-0.05, 0) is 48.6 Å². The summed E-state index contributed by atoms with van der Waals surface area (Å²) in [5, 5.41) is 22.9. The lowest BCUT2D eigenvalue weighted by molar-refractivity contribution is -0.113. The Labute approximate surface area is 209 Å². The molecular weight excluding hydrogens is 462 g/mol. The summed E-state index contributed by atoms with van der Waals surface area (Å²) in [4.78, 5) is 14.0. The molecule has 0 saturated heterocycles. The number of benzene rings is 1. The van der Waals surface area contributed by atoms with Crippen molar-refractivity contribution in [3.63, 3.8) is 0 Å². The highest BCUT2D eigenvalue weighted by Crippen LogP contribution is 2.44. The zero-order chi connectivity index (χ0) is 24.3. The van der Waals surface area contributed by atoms with Crippen LogP contribution in [0.4, 0.5) is 5.00 Å². The Hall–Kier alpha value is -2.63. The van der Waals surface area contributed by atoms with Crippen molar-refractivity contribution in [2.24, 2.45) is 11.3 Å². The smallest absolute Gasteiger partial charge is 0.235 e. The first-order valence-electron chi connectivity index (χ1n) is 11.7. The minimum absolute atomic E-state index is 0.122. The van der Waals surface area contributed by atoms with Crippen molar-refractivity contribution in [1.82, 2.24) is 14.8 Å². The monoisotopic (exact) mass is 493 g/mol. The molecule has 0 unspecified atom stereocenters. The molecule has 3 aromatic rings. The third kappa shape index (κ3) is 5.37. The first kappa shape index (κ1) is 24.5. The number of nitriles is 1. The van der Waals surface area contributed by atoms with E-state index in [0.29, 0.717) is 22.9 Å². The molecule has 8 heteroatoms. The zero-order valence-corrected chi connectivity index (χ0v) is 21.9. The van der Waals surface area contributed by atoms with Crippen molar-refractivity contribution in [3.8, 4) is 6.07 Å². The van der Waals surface area contributed by atoms with Gasteiger partial charge in [0.1, 0.15) is 16.9 Å². The maximum atomic E-state index is 12.8. The summed E-state index contributed by atoms with van der Waals surface area (Å²) in [5.74, 6) is 1.59. The van der Waals surface area contributed by atoms with Gasteiger partial charge < -0.3 is 9.88 Å². The highest BCUT2D eigenvalue weighted by atomic mass is 32.2. The van der Waals surface area contributed by atoms with E-state index in [1.54, 1.807) is 11.3 Å². The van der Waals surface area contributed by atoms with Crippen LogP contribution in [-0.2, 0) is 30.6 Å². The van der Waals surface area contributed by atoms with Crippen LogP contribution in [0, 0.1) is 22.7 Å². The van der Waals surface area contributed by atoms with Crippen LogP contribution in [0.1, 0.15) is 61.5 Å². The number of hydrogen-bond donors (Lipinski definition) is 1. The van der Waals surface area contributed by atoms with Gasteiger partial charge in [0.25, 0.3) is 0 Å². The van der Waals surface area contributed by atoms with E-state index in [1.165, 1.54) is 22.2 Å². The molecule has 0 spiro atoms. The Morgan fingerprint density at radius 2 is 2.06 bits per heavy atom. The maximum Gasteiger partial charge on any atom is 0.235 e. The van der Waals surface area contributed by atoms with Crippen molar-refractivity contribution in [2.45, 2.75) is 65.1 Å². The minimum Gasteiger partial charge on any atom is -0.316 e. The second-order valence-electron chi connectivity index (χ2n) is 9.77. The SMILES string of the molecule is CCn1c(Cc2ccccc2)nnc1SCC(=O)Nc1sc2c(c1C#N)CC[C@@H](C(C)(C)C)C2. The van der Waals surface area contributed by atoms with E-state index in [1.807, 2.05) is 18.2 Å². The number of nitrogens with zero attached hydrogens (tertiary/aromatic N) is 4. The molecule has 1 aliphatic carbocycles. The van der Waals surface area contributed by atoms with E-state index in [0.717, 1.165) is 42.4 Å². The van der Waals surface area contributed by atoms with Gasteiger partial charge in [-0.1, -0.05) is 62.9 Å². The van der Waals surface area contributed by atoms with E-state index in [4.69, 9.17) is 0 Å². The first-order chi connectivity index (χ1) is 16.3. The Kier molecular flexibility index (Phi) is 7.44. The van der Waals surface area contributed by atoms with Gasteiger partial charge in [-0.2, -0.15) is 5.26 Å². The van der Waals surface area contributed by atoms with Crippen LogP contribution in [0.25, 0.3) is 0 Å². The molecule has 34 heavy (non-hydrogen) atoms. The number of anilines is 1. The lowest BCUT2D eigenvalue weighted by Gasteiger charge is -2.33. The van der Waals surface area contributed by atoms with Gasteiger partial charge in [-0.15, -0.1) is 21.5 Å². The summed E-state index contributed by atoms with van der Waals surface area (Å²) in [5.41, 5.74) is 3.20. The Morgan fingerprint density at radius 3 is 2.74 bits per heavy atom. The Bertz CT molecular complexity index is 1200. The molecule has 4 rings (SSSR count). The van der Waals surface area contributed by atoms with Crippen LogP contribution in [0.2, 0.25) is 0 Å². The molecule has 6 nitrogen and oxygen atoms in total. The predicted molar refractivity (Wildman–Crippen MR) is 138 cm³/mol. The van der Waals surface area contributed by atoms with Crippen LogP contribution >= 0.6 is 23.1 Å². The third-order valence-electron chi connectivity index (χ3n) is 6.50. The first-order valence-corrected chi connectivity index (χ1v) is 13.5. The van der Waals surface area contributed by atoms with Crippen molar-refractivity contribution in [2.75, 3.05) is 11.1 Å².